The van der Waals surface area contributed by atoms with Crippen molar-refractivity contribution in [3.8, 4) is 0 Å². The SMILES string of the molecule is O=CC=CC1CC=CCC1. The first-order chi connectivity index (χ1) is 4.93. The van der Waals surface area contributed by atoms with Crippen molar-refractivity contribution in [3.63, 3.8) is 0 Å². The van der Waals surface area contributed by atoms with Gasteiger partial charge in [0, 0.05) is 0 Å². The molecule has 0 aliphatic heterocycles. The first-order valence-corrected chi connectivity index (χ1v) is 3.70. The Labute approximate surface area is 61.4 Å². The van der Waals surface area contributed by atoms with Crippen LogP contribution in [0.4, 0.5) is 0 Å². The number of hydrogen-bond acceptors (Lipinski definition) is 1. The predicted molar refractivity (Wildman–Crippen MR) is 41.7 cm³/mol. The monoisotopic (exact) mass is 136 g/mol. The second-order valence-electron chi connectivity index (χ2n) is 2.57. The highest BCUT2D eigenvalue weighted by atomic mass is 16.1. The Morgan fingerprint density at radius 3 is 2.90 bits per heavy atom. The van der Waals surface area contributed by atoms with Crippen LogP contribution in [0.3, 0.4) is 0 Å². The highest BCUT2D eigenvalue weighted by Crippen LogP contribution is 2.18. The molecular formula is C9H12O. The molecule has 0 radical (unpaired) electrons. The van der Waals surface area contributed by atoms with E-state index in [1.54, 1.807) is 6.08 Å². The molecule has 0 heterocycles. The van der Waals surface area contributed by atoms with Gasteiger partial charge in [-0.1, -0.05) is 18.2 Å². The molecule has 0 aromatic carbocycles. The molecule has 1 atom stereocenters. The molecule has 0 saturated heterocycles. The van der Waals surface area contributed by atoms with Crippen molar-refractivity contribution in [3.05, 3.63) is 24.3 Å². The van der Waals surface area contributed by atoms with Crippen LogP contribution < -0.4 is 0 Å². The van der Waals surface area contributed by atoms with Gasteiger partial charge in [-0.05, 0) is 31.3 Å². The van der Waals surface area contributed by atoms with E-state index in [1.807, 2.05) is 6.08 Å². The minimum absolute atomic E-state index is 0.607. The Kier molecular flexibility index (Phi) is 2.94. The second kappa shape index (κ2) is 4.04. The van der Waals surface area contributed by atoms with Gasteiger partial charge < -0.3 is 0 Å². The summed E-state index contributed by atoms with van der Waals surface area (Å²) in [5.74, 6) is 0.607. The molecule has 1 aliphatic rings. The van der Waals surface area contributed by atoms with Gasteiger partial charge in [0.05, 0.1) is 0 Å². The first kappa shape index (κ1) is 7.26. The zero-order valence-electron chi connectivity index (χ0n) is 5.99. The van der Waals surface area contributed by atoms with Crippen molar-refractivity contribution < 1.29 is 4.79 Å². The van der Waals surface area contributed by atoms with Crippen molar-refractivity contribution in [2.45, 2.75) is 19.3 Å². The summed E-state index contributed by atoms with van der Waals surface area (Å²) in [5, 5.41) is 0. The first-order valence-electron chi connectivity index (χ1n) is 3.70. The number of carbonyl (C=O) groups excluding carboxylic acids is 1. The van der Waals surface area contributed by atoms with Crippen LogP contribution in [0.2, 0.25) is 0 Å². The maximum atomic E-state index is 9.94. The number of hydrogen-bond donors (Lipinski definition) is 0. The molecule has 0 aromatic heterocycles. The van der Waals surface area contributed by atoms with Crippen molar-refractivity contribution >= 4 is 6.29 Å². The smallest absolute Gasteiger partial charge is 0.142 e. The lowest BCUT2D eigenvalue weighted by atomic mass is 9.94. The summed E-state index contributed by atoms with van der Waals surface area (Å²) >= 11 is 0. The Balaban J connectivity index is 2.34. The summed E-state index contributed by atoms with van der Waals surface area (Å²) in [6.07, 6.45) is 12.3. The van der Waals surface area contributed by atoms with Gasteiger partial charge in [-0.15, -0.1) is 0 Å². The Bertz CT molecular complexity index is 156. The Hall–Kier alpha value is -0.850. The fourth-order valence-corrected chi connectivity index (χ4v) is 1.19. The van der Waals surface area contributed by atoms with Gasteiger partial charge in [-0.3, -0.25) is 4.79 Å². The number of aldehydes is 1. The van der Waals surface area contributed by atoms with E-state index in [0.29, 0.717) is 5.92 Å². The third kappa shape index (κ3) is 2.18. The zero-order valence-corrected chi connectivity index (χ0v) is 5.99. The van der Waals surface area contributed by atoms with E-state index >= 15 is 0 Å². The standard InChI is InChI=1S/C9H12O/c10-8-4-7-9-5-2-1-3-6-9/h1-2,4,7-9H,3,5-6H2. The van der Waals surface area contributed by atoms with Crippen LogP contribution in [0.25, 0.3) is 0 Å². The molecular weight excluding hydrogens is 124 g/mol. The molecule has 1 aliphatic carbocycles. The predicted octanol–water partition coefficient (Wildman–Crippen LogP) is 2.10. The Morgan fingerprint density at radius 1 is 1.40 bits per heavy atom. The van der Waals surface area contributed by atoms with Crippen molar-refractivity contribution in [2.24, 2.45) is 5.92 Å². The van der Waals surface area contributed by atoms with Crippen LogP contribution in [0.1, 0.15) is 19.3 Å². The molecule has 0 spiro atoms. The molecule has 1 rings (SSSR count). The van der Waals surface area contributed by atoms with Gasteiger partial charge in [0.15, 0.2) is 0 Å². The Morgan fingerprint density at radius 2 is 2.30 bits per heavy atom. The van der Waals surface area contributed by atoms with E-state index in [1.165, 1.54) is 6.42 Å². The molecule has 1 unspecified atom stereocenters. The largest absolute Gasteiger partial charge is 0.299 e. The molecule has 0 saturated carbocycles. The third-order valence-corrected chi connectivity index (χ3v) is 1.77. The average Bonchev–Trinajstić information content (AvgIpc) is 2.03. The lowest BCUT2D eigenvalue weighted by molar-refractivity contribution is -0.104. The van der Waals surface area contributed by atoms with Crippen LogP contribution in [0.5, 0.6) is 0 Å². The topological polar surface area (TPSA) is 17.1 Å². The van der Waals surface area contributed by atoms with Crippen molar-refractivity contribution in [1.29, 1.82) is 0 Å². The van der Waals surface area contributed by atoms with E-state index in [9.17, 15) is 4.79 Å². The van der Waals surface area contributed by atoms with E-state index < -0.39 is 0 Å². The van der Waals surface area contributed by atoms with Gasteiger partial charge in [-0.2, -0.15) is 0 Å². The van der Waals surface area contributed by atoms with Crippen LogP contribution in [0.15, 0.2) is 24.3 Å². The van der Waals surface area contributed by atoms with Crippen LogP contribution in [-0.2, 0) is 4.79 Å². The van der Waals surface area contributed by atoms with E-state index in [2.05, 4.69) is 12.2 Å². The maximum absolute atomic E-state index is 9.94. The van der Waals surface area contributed by atoms with Crippen molar-refractivity contribution in [1.82, 2.24) is 0 Å². The van der Waals surface area contributed by atoms with Gasteiger partial charge in [0.1, 0.15) is 6.29 Å². The lowest BCUT2D eigenvalue weighted by Crippen LogP contribution is -1.97. The molecule has 0 aromatic rings. The molecule has 0 bridgehead atoms. The summed E-state index contributed by atoms with van der Waals surface area (Å²) in [6, 6.07) is 0. The number of carbonyl (C=O) groups is 1. The van der Waals surface area contributed by atoms with Crippen molar-refractivity contribution in [2.75, 3.05) is 0 Å². The minimum Gasteiger partial charge on any atom is -0.299 e. The van der Waals surface area contributed by atoms with E-state index in [0.717, 1.165) is 19.1 Å². The average molecular weight is 136 g/mol. The zero-order chi connectivity index (χ0) is 7.23. The van der Waals surface area contributed by atoms with E-state index in [-0.39, 0.29) is 0 Å². The number of allylic oxidation sites excluding steroid dienone is 4. The van der Waals surface area contributed by atoms with Gasteiger partial charge >= 0.3 is 0 Å². The lowest BCUT2D eigenvalue weighted by Gasteiger charge is -2.11. The van der Waals surface area contributed by atoms with E-state index in [4.69, 9.17) is 0 Å². The second-order valence-corrected chi connectivity index (χ2v) is 2.57. The molecule has 0 amide bonds. The molecule has 0 N–H and O–H groups in total. The minimum atomic E-state index is 0.607. The normalized spacial score (nSPS) is 25.4. The number of rotatable bonds is 2. The van der Waals surface area contributed by atoms with Crippen LogP contribution in [-0.4, -0.2) is 6.29 Å². The summed E-state index contributed by atoms with van der Waals surface area (Å²) in [4.78, 5) is 9.94. The summed E-state index contributed by atoms with van der Waals surface area (Å²) in [6.45, 7) is 0. The summed E-state index contributed by atoms with van der Waals surface area (Å²) in [5.41, 5.74) is 0. The third-order valence-electron chi connectivity index (χ3n) is 1.77. The highest BCUT2D eigenvalue weighted by Gasteiger charge is 2.04. The van der Waals surface area contributed by atoms with Gasteiger partial charge in [-0.25, -0.2) is 0 Å². The summed E-state index contributed by atoms with van der Waals surface area (Å²) < 4.78 is 0. The molecule has 0 fully saturated rings. The van der Waals surface area contributed by atoms with Gasteiger partial charge in [0.25, 0.3) is 0 Å². The molecule has 1 heteroatoms. The van der Waals surface area contributed by atoms with Gasteiger partial charge in [0.2, 0.25) is 0 Å². The molecule has 54 valence electrons. The quantitative estimate of drug-likeness (QED) is 0.323. The van der Waals surface area contributed by atoms with Crippen LogP contribution >= 0.6 is 0 Å². The van der Waals surface area contributed by atoms with Crippen LogP contribution in [0, 0.1) is 5.92 Å². The molecule has 10 heavy (non-hydrogen) atoms. The maximum Gasteiger partial charge on any atom is 0.142 e. The fraction of sp³-hybridized carbons (Fsp3) is 0.444. The molecule has 1 nitrogen and oxygen atoms in total. The fourth-order valence-electron chi connectivity index (χ4n) is 1.19. The summed E-state index contributed by atoms with van der Waals surface area (Å²) in [7, 11) is 0. The highest BCUT2D eigenvalue weighted by molar-refractivity contribution is 5.64.